The van der Waals surface area contributed by atoms with E-state index in [4.69, 9.17) is 0 Å². The van der Waals surface area contributed by atoms with E-state index in [-0.39, 0.29) is 0 Å². The predicted octanol–water partition coefficient (Wildman–Crippen LogP) is 4.29. The molecule has 1 saturated carbocycles. The molecule has 1 aliphatic carbocycles. The van der Waals surface area contributed by atoms with E-state index in [0.717, 1.165) is 12.5 Å². The van der Waals surface area contributed by atoms with Crippen molar-refractivity contribution in [1.82, 2.24) is 5.32 Å². The monoisotopic (exact) mass is 223 g/mol. The first-order valence-corrected chi connectivity index (χ1v) is 7.15. The molecule has 1 atom stereocenters. The van der Waals surface area contributed by atoms with Gasteiger partial charge in [-0.05, 0) is 45.6 Å². The zero-order valence-corrected chi connectivity index (χ0v) is 11.4. The molecule has 0 radical (unpaired) electrons. The van der Waals surface area contributed by atoms with Crippen LogP contribution in [0.2, 0.25) is 0 Å². The lowest BCUT2D eigenvalue weighted by Gasteiger charge is -2.17. The van der Waals surface area contributed by atoms with Crippen molar-refractivity contribution in [2.45, 2.75) is 71.8 Å². The third-order valence-corrected chi connectivity index (χ3v) is 3.78. The summed E-state index contributed by atoms with van der Waals surface area (Å²) in [7, 11) is 0. The van der Waals surface area contributed by atoms with Gasteiger partial charge in [0.2, 0.25) is 0 Å². The Kier molecular flexibility index (Phi) is 6.79. The molecule has 1 N–H and O–H groups in total. The number of hydrogen-bond acceptors (Lipinski definition) is 1. The van der Waals surface area contributed by atoms with E-state index >= 15 is 0 Å². The Hall–Kier alpha value is -0.300. The summed E-state index contributed by atoms with van der Waals surface area (Å²) in [6.07, 6.45) is 12.4. The maximum Gasteiger partial charge on any atom is 0.0248 e. The molecule has 0 heterocycles. The third-order valence-electron chi connectivity index (χ3n) is 3.78. The van der Waals surface area contributed by atoms with Crippen LogP contribution in [-0.2, 0) is 0 Å². The second kappa shape index (κ2) is 7.89. The highest BCUT2D eigenvalue weighted by atomic mass is 14.9. The molecule has 1 nitrogen and oxygen atoms in total. The lowest BCUT2D eigenvalue weighted by Crippen LogP contribution is -2.28. The lowest BCUT2D eigenvalue weighted by molar-refractivity contribution is 0.541. The molecule has 0 aromatic heterocycles. The van der Waals surface area contributed by atoms with Crippen molar-refractivity contribution in [1.29, 1.82) is 0 Å². The quantitative estimate of drug-likeness (QED) is 0.541. The van der Waals surface area contributed by atoms with Crippen molar-refractivity contribution in [3.8, 4) is 0 Å². The van der Waals surface area contributed by atoms with Crippen LogP contribution in [0.5, 0.6) is 0 Å². The highest BCUT2D eigenvalue weighted by Gasteiger charge is 2.11. The largest absolute Gasteiger partial charge is 0.311 e. The first kappa shape index (κ1) is 13.8. The van der Waals surface area contributed by atoms with Crippen LogP contribution in [0.4, 0.5) is 0 Å². The van der Waals surface area contributed by atoms with Gasteiger partial charge in [-0.2, -0.15) is 0 Å². The molecule has 0 saturated heterocycles. The van der Waals surface area contributed by atoms with E-state index in [1.807, 2.05) is 0 Å². The molecule has 0 aliphatic heterocycles. The molecule has 0 spiro atoms. The number of rotatable bonds is 5. The van der Waals surface area contributed by atoms with Gasteiger partial charge in [-0.3, -0.25) is 0 Å². The minimum Gasteiger partial charge on any atom is -0.311 e. The molecule has 94 valence electrons. The van der Waals surface area contributed by atoms with Crippen LogP contribution < -0.4 is 5.32 Å². The van der Waals surface area contributed by atoms with E-state index in [9.17, 15) is 0 Å². The molecule has 1 fully saturated rings. The molecule has 1 unspecified atom stereocenters. The van der Waals surface area contributed by atoms with Crippen LogP contribution in [0.1, 0.15) is 65.7 Å². The fourth-order valence-electron chi connectivity index (χ4n) is 2.52. The summed E-state index contributed by atoms with van der Waals surface area (Å²) >= 11 is 0. The summed E-state index contributed by atoms with van der Waals surface area (Å²) in [5, 5.41) is 3.57. The van der Waals surface area contributed by atoms with Gasteiger partial charge in [0, 0.05) is 6.04 Å². The number of nitrogens with one attached hydrogen (secondary N) is 1. The summed E-state index contributed by atoms with van der Waals surface area (Å²) < 4.78 is 0. The van der Waals surface area contributed by atoms with Gasteiger partial charge in [-0.25, -0.2) is 0 Å². The number of allylic oxidation sites excluding steroid dienone is 1. The molecular formula is C15H29N. The van der Waals surface area contributed by atoms with Gasteiger partial charge in [-0.15, -0.1) is 0 Å². The van der Waals surface area contributed by atoms with Crippen molar-refractivity contribution >= 4 is 0 Å². The van der Waals surface area contributed by atoms with Crippen LogP contribution in [0.3, 0.4) is 0 Å². The smallest absolute Gasteiger partial charge is 0.0248 e. The van der Waals surface area contributed by atoms with Gasteiger partial charge in [0.1, 0.15) is 0 Å². The summed E-state index contributed by atoms with van der Waals surface area (Å²) in [5.41, 5.74) is 1.54. The van der Waals surface area contributed by atoms with Crippen molar-refractivity contribution in [2.75, 3.05) is 6.54 Å². The Morgan fingerprint density at radius 1 is 1.25 bits per heavy atom. The Labute approximate surface area is 102 Å². The van der Waals surface area contributed by atoms with E-state index in [1.54, 1.807) is 5.57 Å². The molecule has 0 bridgehead atoms. The summed E-state index contributed by atoms with van der Waals surface area (Å²) in [6, 6.07) is 0.559. The second-order valence-electron chi connectivity index (χ2n) is 5.34. The minimum atomic E-state index is 0.559. The standard InChI is InChI=1S/C15H29N/c1-4-11-16-14(3)13(2)12-15-9-7-5-6-8-10-15/h12,14-16H,4-11H2,1-3H3. The molecule has 1 rings (SSSR count). The topological polar surface area (TPSA) is 12.0 Å². The minimum absolute atomic E-state index is 0.559. The van der Waals surface area contributed by atoms with Crippen LogP contribution in [-0.4, -0.2) is 12.6 Å². The van der Waals surface area contributed by atoms with E-state index in [0.29, 0.717) is 6.04 Å². The Balaban J connectivity index is 2.39. The van der Waals surface area contributed by atoms with Crippen LogP contribution in [0.25, 0.3) is 0 Å². The highest BCUT2D eigenvalue weighted by Crippen LogP contribution is 2.25. The lowest BCUT2D eigenvalue weighted by atomic mass is 9.96. The Morgan fingerprint density at radius 2 is 1.88 bits per heavy atom. The van der Waals surface area contributed by atoms with Gasteiger partial charge in [0.15, 0.2) is 0 Å². The van der Waals surface area contributed by atoms with Crippen molar-refractivity contribution < 1.29 is 0 Å². The third kappa shape index (κ3) is 5.16. The van der Waals surface area contributed by atoms with Crippen molar-refractivity contribution in [3.63, 3.8) is 0 Å². The Morgan fingerprint density at radius 3 is 2.44 bits per heavy atom. The zero-order chi connectivity index (χ0) is 11.8. The maximum atomic E-state index is 3.57. The van der Waals surface area contributed by atoms with Gasteiger partial charge in [0.25, 0.3) is 0 Å². The summed E-state index contributed by atoms with van der Waals surface area (Å²) in [6.45, 7) is 7.94. The molecular weight excluding hydrogens is 194 g/mol. The van der Waals surface area contributed by atoms with Gasteiger partial charge < -0.3 is 5.32 Å². The first-order chi connectivity index (χ1) is 7.74. The van der Waals surface area contributed by atoms with Gasteiger partial charge in [0.05, 0.1) is 0 Å². The number of hydrogen-bond donors (Lipinski definition) is 1. The molecule has 0 amide bonds. The average Bonchev–Trinajstić information content (AvgIpc) is 2.54. The summed E-state index contributed by atoms with van der Waals surface area (Å²) in [5.74, 6) is 0.855. The van der Waals surface area contributed by atoms with Gasteiger partial charge in [-0.1, -0.05) is 44.3 Å². The SMILES string of the molecule is CCCNC(C)C(C)=CC1CCCCCC1. The molecule has 1 aliphatic rings. The van der Waals surface area contributed by atoms with Crippen LogP contribution in [0.15, 0.2) is 11.6 Å². The van der Waals surface area contributed by atoms with E-state index in [2.05, 4.69) is 32.2 Å². The Bertz CT molecular complexity index is 199. The molecule has 0 aromatic carbocycles. The fourth-order valence-corrected chi connectivity index (χ4v) is 2.52. The van der Waals surface area contributed by atoms with Crippen molar-refractivity contribution in [2.24, 2.45) is 5.92 Å². The van der Waals surface area contributed by atoms with Crippen LogP contribution >= 0.6 is 0 Å². The normalized spacial score (nSPS) is 21.8. The van der Waals surface area contributed by atoms with E-state index in [1.165, 1.54) is 44.9 Å². The molecule has 16 heavy (non-hydrogen) atoms. The first-order valence-electron chi connectivity index (χ1n) is 7.15. The summed E-state index contributed by atoms with van der Waals surface area (Å²) in [4.78, 5) is 0. The molecule has 0 aromatic rings. The molecule has 1 heteroatoms. The maximum absolute atomic E-state index is 3.57. The van der Waals surface area contributed by atoms with E-state index < -0.39 is 0 Å². The second-order valence-corrected chi connectivity index (χ2v) is 5.34. The fraction of sp³-hybridized carbons (Fsp3) is 0.867. The van der Waals surface area contributed by atoms with Crippen molar-refractivity contribution in [3.05, 3.63) is 11.6 Å². The zero-order valence-electron chi connectivity index (χ0n) is 11.4. The van der Waals surface area contributed by atoms with Crippen LogP contribution in [0, 0.1) is 5.92 Å². The highest BCUT2D eigenvalue weighted by molar-refractivity contribution is 5.08. The predicted molar refractivity (Wildman–Crippen MR) is 72.7 cm³/mol. The average molecular weight is 223 g/mol. The van der Waals surface area contributed by atoms with Gasteiger partial charge >= 0.3 is 0 Å².